The van der Waals surface area contributed by atoms with Crippen molar-refractivity contribution in [2.45, 2.75) is 40.8 Å². The minimum absolute atomic E-state index is 0. The van der Waals surface area contributed by atoms with Crippen LogP contribution in [0, 0.1) is 11.8 Å². The van der Waals surface area contributed by atoms with Gasteiger partial charge in [-0.2, -0.15) is 0 Å². The third-order valence-electron chi connectivity index (χ3n) is 4.07. The molecule has 0 bridgehead atoms. The molecular weight excluding hydrogens is 339 g/mol. The second-order valence-corrected chi connectivity index (χ2v) is 17.5. The third-order valence-corrected chi connectivity index (χ3v) is 16.3. The molecule has 0 aromatic carbocycles. The maximum absolute atomic E-state index is 2.54. The molecule has 0 aromatic heterocycles. The van der Waals surface area contributed by atoms with Gasteiger partial charge in [0, 0.05) is 0 Å². The maximum Gasteiger partial charge on any atom is -1.00 e. The van der Waals surface area contributed by atoms with Crippen molar-refractivity contribution in [1.82, 2.24) is 0 Å². The van der Waals surface area contributed by atoms with Crippen molar-refractivity contribution >= 4 is 6.19 Å². The summed E-state index contributed by atoms with van der Waals surface area (Å²) < 4.78 is 3.72. The number of halogens is 2. The zero-order valence-electron chi connectivity index (χ0n) is 13.2. The summed E-state index contributed by atoms with van der Waals surface area (Å²) in [5, 5.41) is 0. The summed E-state index contributed by atoms with van der Waals surface area (Å²) in [6, 6.07) is 0. The van der Waals surface area contributed by atoms with Gasteiger partial charge in [0.2, 0.25) is 0 Å². The van der Waals surface area contributed by atoms with Gasteiger partial charge < -0.3 is 24.8 Å². The van der Waals surface area contributed by atoms with Crippen LogP contribution in [0.2, 0.25) is 13.1 Å². The van der Waals surface area contributed by atoms with Crippen LogP contribution in [0.15, 0.2) is 43.2 Å². The molecule has 2 rings (SSSR count). The van der Waals surface area contributed by atoms with E-state index in [9.17, 15) is 0 Å². The van der Waals surface area contributed by atoms with Crippen LogP contribution in [-0.2, 0) is 16.6 Å². The molecule has 2 aliphatic carbocycles. The minimum atomic E-state index is -1.23. The Labute approximate surface area is 143 Å². The third kappa shape index (κ3) is 3.81. The molecule has 0 nitrogen and oxygen atoms in total. The van der Waals surface area contributed by atoms with Crippen LogP contribution in [0.1, 0.15) is 27.7 Å². The predicted octanol–water partition coefficient (Wildman–Crippen LogP) is -1.18. The molecular formula is C16H24Cl2SiTi. The van der Waals surface area contributed by atoms with Gasteiger partial charge in [-0.15, -0.1) is 0 Å². The van der Waals surface area contributed by atoms with E-state index in [0.29, 0.717) is 11.8 Å². The molecule has 0 aliphatic heterocycles. The van der Waals surface area contributed by atoms with Crippen LogP contribution in [0.5, 0.6) is 0 Å². The van der Waals surface area contributed by atoms with Crippen molar-refractivity contribution in [1.29, 1.82) is 0 Å². The van der Waals surface area contributed by atoms with Crippen LogP contribution in [0.3, 0.4) is 0 Å². The van der Waals surface area contributed by atoms with Crippen molar-refractivity contribution in [3.8, 4) is 0 Å². The van der Waals surface area contributed by atoms with Crippen LogP contribution in [0.4, 0.5) is 0 Å². The van der Waals surface area contributed by atoms with Gasteiger partial charge >= 0.3 is 119 Å². The van der Waals surface area contributed by atoms with E-state index in [4.69, 9.17) is 0 Å². The average molecular weight is 363 g/mol. The van der Waals surface area contributed by atoms with Gasteiger partial charge in [0.25, 0.3) is 0 Å². The number of allylic oxidation sites excluding steroid dienone is 8. The van der Waals surface area contributed by atoms with Gasteiger partial charge in [0.1, 0.15) is 0 Å². The first kappa shape index (κ1) is 20.5. The molecule has 0 spiro atoms. The van der Waals surface area contributed by atoms with Gasteiger partial charge in [-0.1, -0.05) is 0 Å². The number of hydrogen-bond donors (Lipinski definition) is 0. The Hall–Kier alpha value is 0.471. The normalized spacial score (nSPS) is 23.4. The molecule has 0 saturated carbocycles. The first-order valence-electron chi connectivity index (χ1n) is 6.89. The van der Waals surface area contributed by atoms with Gasteiger partial charge in [-0.3, -0.25) is 0 Å². The predicted molar refractivity (Wildman–Crippen MR) is 79.5 cm³/mol. The van der Waals surface area contributed by atoms with Gasteiger partial charge in [-0.25, -0.2) is 0 Å². The number of rotatable bonds is 2. The Morgan fingerprint density at radius 3 is 1.40 bits per heavy atom. The monoisotopic (exact) mass is 362 g/mol. The fraction of sp³-hybridized carbons (Fsp3) is 0.500. The van der Waals surface area contributed by atoms with Crippen LogP contribution >= 0.6 is 0 Å². The van der Waals surface area contributed by atoms with Gasteiger partial charge in [0.05, 0.1) is 0 Å². The molecule has 0 aromatic rings. The summed E-state index contributed by atoms with van der Waals surface area (Å²) in [7, 11) is 0. The van der Waals surface area contributed by atoms with E-state index in [0.717, 1.165) is 0 Å². The molecule has 0 N–H and O–H groups in total. The van der Waals surface area contributed by atoms with Crippen LogP contribution in [-0.4, -0.2) is 6.19 Å². The standard InChI is InChI=1S/2C7H9.C2H6Si.2ClH.Ti/c2*1-6-3-4-7(2)5-6;1-3-2;;;/h2*3-4,6H,1-2H3;1-2H3;2*1H;/q;;;;;+2/p-2. The van der Waals surface area contributed by atoms with Gasteiger partial charge in [0.15, 0.2) is 0 Å². The van der Waals surface area contributed by atoms with Gasteiger partial charge in [-0.05, 0) is 0 Å². The Balaban J connectivity index is 0.00000180. The first-order chi connectivity index (χ1) is 8.43. The van der Waals surface area contributed by atoms with E-state index in [2.05, 4.69) is 65.1 Å². The van der Waals surface area contributed by atoms with E-state index in [1.165, 1.54) is 0 Å². The van der Waals surface area contributed by atoms with E-state index in [-0.39, 0.29) is 31.0 Å². The maximum atomic E-state index is 2.54. The van der Waals surface area contributed by atoms with Crippen LogP contribution < -0.4 is 24.8 Å². The molecule has 2 atom stereocenters. The molecule has 0 heterocycles. The topological polar surface area (TPSA) is 0 Å². The quantitative estimate of drug-likeness (QED) is 0.543. The molecule has 2 unspecified atom stereocenters. The van der Waals surface area contributed by atoms with Crippen molar-refractivity contribution in [3.63, 3.8) is 0 Å². The molecule has 0 fully saturated rings. The van der Waals surface area contributed by atoms with Crippen molar-refractivity contribution < 1.29 is 41.4 Å². The molecule has 2 aliphatic rings. The zero-order chi connectivity index (χ0) is 13.4. The molecule has 0 amide bonds. The molecule has 0 saturated heterocycles. The summed E-state index contributed by atoms with van der Waals surface area (Å²) in [5.74, 6) is 1.40. The van der Waals surface area contributed by atoms with E-state index in [1.54, 1.807) is 11.1 Å². The summed E-state index contributed by atoms with van der Waals surface area (Å²) in [4.78, 5) is 0. The second-order valence-electron chi connectivity index (χ2n) is 5.86. The summed E-state index contributed by atoms with van der Waals surface area (Å²) in [6.07, 6.45) is 9.34. The molecule has 4 heteroatoms. The van der Waals surface area contributed by atoms with Crippen molar-refractivity contribution in [2.24, 2.45) is 11.8 Å². The summed E-state index contributed by atoms with van der Waals surface area (Å²) in [6.45, 7) is 14.5. The summed E-state index contributed by atoms with van der Waals surface area (Å²) >= 11 is -1.23. The largest absolute Gasteiger partial charge is 1.00 e. The van der Waals surface area contributed by atoms with Crippen molar-refractivity contribution in [3.05, 3.63) is 43.2 Å². The molecule has 110 valence electrons. The fourth-order valence-electron chi connectivity index (χ4n) is 3.20. The SMILES string of the molecule is CC1=[C]([Ti+2]([C]2=C(C)C=CC2C)=[Si](C)C)C(C)C=C1.[Cl-].[Cl-]. The Bertz CT molecular complexity index is 493. The second kappa shape index (κ2) is 8.20. The zero-order valence-corrected chi connectivity index (χ0v) is 17.3. The van der Waals surface area contributed by atoms with Crippen molar-refractivity contribution in [2.75, 3.05) is 0 Å². The molecule has 0 radical (unpaired) electrons. The average Bonchev–Trinajstić information content (AvgIpc) is 2.78. The Kier molecular flexibility index (Phi) is 8.39. The summed E-state index contributed by atoms with van der Waals surface area (Å²) in [5.41, 5.74) is 3.17. The molecule has 20 heavy (non-hydrogen) atoms. The van der Waals surface area contributed by atoms with E-state index >= 15 is 0 Å². The smallest absolute Gasteiger partial charge is 1.00 e. The van der Waals surface area contributed by atoms with Crippen LogP contribution in [0.25, 0.3) is 0 Å². The Morgan fingerprint density at radius 1 is 0.850 bits per heavy atom. The number of hydrogen-bond acceptors (Lipinski definition) is 0. The van der Waals surface area contributed by atoms with E-state index < -0.39 is 16.6 Å². The minimum Gasteiger partial charge on any atom is -1.00 e. The Morgan fingerprint density at radius 2 is 1.20 bits per heavy atom. The fourth-order valence-corrected chi connectivity index (χ4v) is 16.5. The van der Waals surface area contributed by atoms with E-state index in [1.807, 2.05) is 7.76 Å². The first-order valence-corrected chi connectivity index (χ1v) is 13.3.